The Labute approximate surface area is 148 Å². The van der Waals surface area contributed by atoms with Gasteiger partial charge in [0.15, 0.2) is 6.61 Å². The second kappa shape index (κ2) is 8.53. The molecule has 2 aromatic carbocycles. The van der Waals surface area contributed by atoms with Crippen LogP contribution in [0, 0.1) is 0 Å². The molecule has 1 unspecified atom stereocenters. The Hall–Kier alpha value is -2.53. The van der Waals surface area contributed by atoms with Gasteiger partial charge in [0.05, 0.1) is 19.8 Å². The highest BCUT2D eigenvalue weighted by Crippen LogP contribution is 2.17. The molecule has 25 heavy (non-hydrogen) atoms. The molecule has 1 aliphatic heterocycles. The average Bonchev–Trinajstić information content (AvgIpc) is 2.67. The van der Waals surface area contributed by atoms with Crippen molar-refractivity contribution in [1.82, 2.24) is 4.90 Å². The van der Waals surface area contributed by atoms with E-state index in [0.717, 1.165) is 12.2 Å². The third-order valence-corrected chi connectivity index (χ3v) is 4.22. The summed E-state index contributed by atoms with van der Waals surface area (Å²) in [5, 5.41) is 0. The van der Waals surface area contributed by atoms with Gasteiger partial charge < -0.3 is 19.1 Å². The highest BCUT2D eigenvalue weighted by Gasteiger charge is 2.24. The average molecular weight is 341 g/mol. The number of carbonyl (C=O) groups excluding carboxylic acids is 1. The molecule has 3 rings (SSSR count). The van der Waals surface area contributed by atoms with Crippen LogP contribution in [0.5, 0.6) is 11.5 Å². The molecule has 0 bridgehead atoms. The zero-order chi connectivity index (χ0) is 17.5. The summed E-state index contributed by atoms with van der Waals surface area (Å²) in [6.07, 6.45) is 0.838. The molecule has 0 saturated carbocycles. The number of hydrogen-bond donors (Lipinski definition) is 0. The minimum Gasteiger partial charge on any atom is -0.497 e. The molecule has 1 saturated heterocycles. The number of morpholine rings is 1. The van der Waals surface area contributed by atoms with Gasteiger partial charge in [-0.25, -0.2) is 0 Å². The largest absolute Gasteiger partial charge is 0.497 e. The summed E-state index contributed by atoms with van der Waals surface area (Å²) >= 11 is 0. The molecular weight excluding hydrogens is 318 g/mol. The normalized spacial score (nSPS) is 17.2. The molecule has 1 amide bonds. The third kappa shape index (κ3) is 4.97. The van der Waals surface area contributed by atoms with E-state index >= 15 is 0 Å². The van der Waals surface area contributed by atoms with Crippen LogP contribution in [-0.4, -0.2) is 50.3 Å². The van der Waals surface area contributed by atoms with Crippen LogP contribution in [0.3, 0.4) is 0 Å². The fraction of sp³-hybridized carbons (Fsp3) is 0.350. The van der Waals surface area contributed by atoms with Gasteiger partial charge >= 0.3 is 0 Å². The quantitative estimate of drug-likeness (QED) is 0.810. The highest BCUT2D eigenvalue weighted by molar-refractivity contribution is 5.77. The van der Waals surface area contributed by atoms with Gasteiger partial charge in [-0.15, -0.1) is 0 Å². The Bertz CT molecular complexity index is 672. The van der Waals surface area contributed by atoms with Gasteiger partial charge in [0, 0.05) is 19.5 Å². The van der Waals surface area contributed by atoms with Gasteiger partial charge in [-0.05, 0) is 29.8 Å². The zero-order valence-electron chi connectivity index (χ0n) is 14.4. The Kier molecular flexibility index (Phi) is 5.90. The Morgan fingerprint density at radius 2 is 1.84 bits per heavy atom. The fourth-order valence-electron chi connectivity index (χ4n) is 2.85. The maximum Gasteiger partial charge on any atom is 0.260 e. The number of amides is 1. The number of ether oxygens (including phenoxy) is 3. The van der Waals surface area contributed by atoms with Crippen LogP contribution in [0.2, 0.25) is 0 Å². The Morgan fingerprint density at radius 3 is 2.56 bits per heavy atom. The van der Waals surface area contributed by atoms with E-state index in [1.807, 2.05) is 35.2 Å². The van der Waals surface area contributed by atoms with Crippen LogP contribution < -0.4 is 9.47 Å². The van der Waals surface area contributed by atoms with E-state index in [4.69, 9.17) is 14.2 Å². The number of nitrogens with zero attached hydrogens (tertiary/aromatic N) is 1. The molecule has 2 aromatic rings. The number of benzene rings is 2. The molecule has 0 radical (unpaired) electrons. The summed E-state index contributed by atoms with van der Waals surface area (Å²) in [6.45, 7) is 1.80. The van der Waals surface area contributed by atoms with Gasteiger partial charge in [0.2, 0.25) is 0 Å². The first-order chi connectivity index (χ1) is 12.2. The lowest BCUT2D eigenvalue weighted by Crippen LogP contribution is -2.47. The lowest BCUT2D eigenvalue weighted by atomic mass is 10.1. The van der Waals surface area contributed by atoms with Crippen LogP contribution in [-0.2, 0) is 16.0 Å². The standard InChI is InChI=1S/C20H23NO4/c1-23-17-7-9-18(10-8-17)25-15-20(22)21-11-12-24-19(14-21)13-16-5-3-2-4-6-16/h2-10,19H,11-15H2,1H3. The summed E-state index contributed by atoms with van der Waals surface area (Å²) in [7, 11) is 1.61. The van der Waals surface area contributed by atoms with Crippen molar-refractivity contribution in [3.63, 3.8) is 0 Å². The van der Waals surface area contributed by atoms with Crippen LogP contribution in [0.4, 0.5) is 0 Å². The monoisotopic (exact) mass is 341 g/mol. The zero-order valence-corrected chi connectivity index (χ0v) is 14.4. The van der Waals surface area contributed by atoms with Crippen molar-refractivity contribution in [3.8, 4) is 11.5 Å². The maximum absolute atomic E-state index is 12.4. The summed E-state index contributed by atoms with van der Waals surface area (Å²) < 4.78 is 16.5. The van der Waals surface area contributed by atoms with Gasteiger partial charge in [0.1, 0.15) is 11.5 Å². The number of hydrogen-bond acceptors (Lipinski definition) is 4. The smallest absolute Gasteiger partial charge is 0.260 e. The van der Waals surface area contributed by atoms with Crippen molar-refractivity contribution < 1.29 is 19.0 Å². The second-order valence-electron chi connectivity index (χ2n) is 5.99. The van der Waals surface area contributed by atoms with Crippen LogP contribution in [0.15, 0.2) is 54.6 Å². The summed E-state index contributed by atoms with van der Waals surface area (Å²) in [5.41, 5.74) is 1.22. The van der Waals surface area contributed by atoms with Crippen molar-refractivity contribution in [3.05, 3.63) is 60.2 Å². The summed E-state index contributed by atoms with van der Waals surface area (Å²) in [6, 6.07) is 17.4. The first-order valence-electron chi connectivity index (χ1n) is 8.45. The highest BCUT2D eigenvalue weighted by atomic mass is 16.5. The number of carbonyl (C=O) groups is 1. The van der Waals surface area contributed by atoms with Crippen molar-refractivity contribution >= 4 is 5.91 Å². The number of rotatable bonds is 6. The van der Waals surface area contributed by atoms with Crippen LogP contribution in [0.25, 0.3) is 0 Å². The molecule has 0 N–H and O–H groups in total. The lowest BCUT2D eigenvalue weighted by Gasteiger charge is -2.33. The van der Waals surface area contributed by atoms with E-state index < -0.39 is 0 Å². The molecule has 5 heteroatoms. The van der Waals surface area contributed by atoms with Gasteiger partial charge in [0.25, 0.3) is 5.91 Å². The van der Waals surface area contributed by atoms with Crippen molar-refractivity contribution in [1.29, 1.82) is 0 Å². The van der Waals surface area contributed by atoms with E-state index in [1.54, 1.807) is 19.2 Å². The second-order valence-corrected chi connectivity index (χ2v) is 5.99. The molecule has 1 fully saturated rings. The molecule has 5 nitrogen and oxygen atoms in total. The molecule has 1 aliphatic rings. The summed E-state index contributed by atoms with van der Waals surface area (Å²) in [5.74, 6) is 1.40. The predicted octanol–water partition coefficient (Wildman–Crippen LogP) is 2.54. The van der Waals surface area contributed by atoms with E-state index in [9.17, 15) is 4.79 Å². The third-order valence-electron chi connectivity index (χ3n) is 4.22. The number of methoxy groups -OCH3 is 1. The van der Waals surface area contributed by atoms with Crippen LogP contribution >= 0.6 is 0 Å². The molecule has 0 aliphatic carbocycles. The van der Waals surface area contributed by atoms with E-state index in [2.05, 4.69) is 12.1 Å². The molecule has 1 heterocycles. The van der Waals surface area contributed by atoms with E-state index in [1.165, 1.54) is 5.56 Å². The van der Waals surface area contributed by atoms with Gasteiger partial charge in [-0.1, -0.05) is 30.3 Å². The van der Waals surface area contributed by atoms with Crippen LogP contribution in [0.1, 0.15) is 5.56 Å². The maximum atomic E-state index is 12.4. The van der Waals surface area contributed by atoms with E-state index in [-0.39, 0.29) is 18.6 Å². The minimum absolute atomic E-state index is 0.0165. The molecule has 132 valence electrons. The Balaban J connectivity index is 1.49. The lowest BCUT2D eigenvalue weighted by molar-refractivity contribution is -0.140. The molecule has 1 atom stereocenters. The van der Waals surface area contributed by atoms with Crippen molar-refractivity contribution in [2.75, 3.05) is 33.4 Å². The van der Waals surface area contributed by atoms with Gasteiger partial charge in [-0.3, -0.25) is 4.79 Å². The molecule has 0 spiro atoms. The minimum atomic E-state index is -0.0165. The van der Waals surface area contributed by atoms with E-state index in [0.29, 0.717) is 25.4 Å². The molecular formula is C20H23NO4. The SMILES string of the molecule is COc1ccc(OCC(=O)N2CCOC(Cc3ccccc3)C2)cc1. The summed E-state index contributed by atoms with van der Waals surface area (Å²) in [4.78, 5) is 14.2. The van der Waals surface area contributed by atoms with Crippen molar-refractivity contribution in [2.45, 2.75) is 12.5 Å². The first kappa shape index (κ1) is 17.3. The topological polar surface area (TPSA) is 48.0 Å². The first-order valence-corrected chi connectivity index (χ1v) is 8.45. The predicted molar refractivity (Wildman–Crippen MR) is 95.0 cm³/mol. The van der Waals surface area contributed by atoms with Gasteiger partial charge in [-0.2, -0.15) is 0 Å². The Morgan fingerprint density at radius 1 is 1.12 bits per heavy atom. The molecule has 0 aromatic heterocycles. The van der Waals surface area contributed by atoms with Crippen molar-refractivity contribution in [2.24, 2.45) is 0 Å². The fourth-order valence-corrected chi connectivity index (χ4v) is 2.85.